The maximum absolute atomic E-state index is 12.8. The molecule has 1 aliphatic carbocycles. The third-order valence-electron chi connectivity index (χ3n) is 4.47. The first-order chi connectivity index (χ1) is 9.96. The van der Waals surface area contributed by atoms with Gasteiger partial charge in [-0.25, -0.2) is 0 Å². The van der Waals surface area contributed by atoms with Gasteiger partial charge in [-0.1, -0.05) is 32.1 Å². The topological polar surface area (TPSA) is 49.4 Å². The molecule has 2 amide bonds. The fourth-order valence-electron chi connectivity index (χ4n) is 3.32. The Hall–Kier alpha value is -1.84. The Bertz CT molecular complexity index is 559. The van der Waals surface area contributed by atoms with Crippen LogP contribution in [0, 0.1) is 5.41 Å². The molecule has 0 bridgehead atoms. The van der Waals surface area contributed by atoms with Gasteiger partial charge in [-0.15, -0.1) is 0 Å². The summed E-state index contributed by atoms with van der Waals surface area (Å²) in [6, 6.07) is 0.137. The molecule has 4 heteroatoms. The third-order valence-corrected chi connectivity index (χ3v) is 4.47. The number of carbonyl (C=O) groups excluding carboxylic acids is 2. The summed E-state index contributed by atoms with van der Waals surface area (Å²) in [4.78, 5) is 26.0. The van der Waals surface area contributed by atoms with Gasteiger partial charge in [0.05, 0.1) is 0 Å². The molecule has 21 heavy (non-hydrogen) atoms. The number of piperidine rings is 2. The first kappa shape index (κ1) is 14.1. The molecule has 2 saturated heterocycles. The van der Waals surface area contributed by atoms with E-state index in [1.54, 1.807) is 0 Å². The zero-order chi connectivity index (χ0) is 15.0. The molecule has 2 fully saturated rings. The van der Waals surface area contributed by atoms with Gasteiger partial charge in [0.25, 0.3) is 5.91 Å². The van der Waals surface area contributed by atoms with Crippen molar-refractivity contribution in [1.82, 2.24) is 10.2 Å². The summed E-state index contributed by atoms with van der Waals surface area (Å²) in [5.74, 6) is 0.200. The van der Waals surface area contributed by atoms with E-state index in [1.165, 1.54) is 0 Å². The van der Waals surface area contributed by atoms with Gasteiger partial charge in [0, 0.05) is 36.5 Å². The van der Waals surface area contributed by atoms with Crippen molar-refractivity contribution in [2.24, 2.45) is 5.41 Å². The molecular formula is C17H22N2O2. The van der Waals surface area contributed by atoms with Crippen molar-refractivity contribution in [1.29, 1.82) is 0 Å². The molecule has 112 valence electrons. The molecule has 0 saturated carbocycles. The Kier molecular flexibility index (Phi) is 3.47. The van der Waals surface area contributed by atoms with E-state index in [2.05, 4.69) is 31.3 Å². The molecule has 1 atom stereocenters. The number of likely N-dealkylation sites (tertiary alicyclic amines) is 1. The minimum atomic E-state index is -0.00511. The van der Waals surface area contributed by atoms with E-state index < -0.39 is 0 Å². The summed E-state index contributed by atoms with van der Waals surface area (Å²) in [6.45, 7) is 5.64. The standard InChI is InChI=1S/C17H22N2O2/c1-17(2)8-3-4-14-12(10-17)7-9-19(16(14)21)13-5-6-15(20)18-11-13/h3-4,8,10,13H,5-7,9,11H2,1-2H3,(H,18,20). The molecule has 2 heterocycles. The van der Waals surface area contributed by atoms with Crippen LogP contribution in [0.5, 0.6) is 0 Å². The van der Waals surface area contributed by atoms with Crippen LogP contribution in [0.25, 0.3) is 0 Å². The Morgan fingerprint density at radius 3 is 2.81 bits per heavy atom. The first-order valence-electron chi connectivity index (χ1n) is 7.65. The number of rotatable bonds is 1. The quantitative estimate of drug-likeness (QED) is 0.801. The molecule has 0 aromatic heterocycles. The maximum Gasteiger partial charge on any atom is 0.254 e. The summed E-state index contributed by atoms with van der Waals surface area (Å²) in [5, 5.41) is 2.87. The second-order valence-corrected chi connectivity index (χ2v) is 6.68. The van der Waals surface area contributed by atoms with Crippen molar-refractivity contribution in [2.75, 3.05) is 13.1 Å². The Balaban J connectivity index is 1.81. The third kappa shape index (κ3) is 2.80. The van der Waals surface area contributed by atoms with Crippen molar-refractivity contribution < 1.29 is 9.59 Å². The Morgan fingerprint density at radius 2 is 2.10 bits per heavy atom. The normalized spacial score (nSPS) is 28.3. The lowest BCUT2D eigenvalue weighted by Gasteiger charge is -2.38. The van der Waals surface area contributed by atoms with Crippen molar-refractivity contribution in [3.63, 3.8) is 0 Å². The van der Waals surface area contributed by atoms with Crippen LogP contribution in [0.3, 0.4) is 0 Å². The molecule has 2 aliphatic heterocycles. The fourth-order valence-corrected chi connectivity index (χ4v) is 3.32. The van der Waals surface area contributed by atoms with Crippen LogP contribution in [0.1, 0.15) is 33.1 Å². The average Bonchev–Trinajstić information content (AvgIpc) is 2.58. The van der Waals surface area contributed by atoms with Crippen molar-refractivity contribution in [3.05, 3.63) is 35.5 Å². The molecule has 3 rings (SSSR count). The van der Waals surface area contributed by atoms with Crippen LogP contribution in [-0.4, -0.2) is 35.8 Å². The van der Waals surface area contributed by atoms with Crippen molar-refractivity contribution in [3.8, 4) is 0 Å². The van der Waals surface area contributed by atoms with Gasteiger partial charge in [0.2, 0.25) is 5.91 Å². The van der Waals surface area contributed by atoms with E-state index in [1.807, 2.05) is 17.1 Å². The van der Waals surface area contributed by atoms with Crippen LogP contribution in [0.15, 0.2) is 35.5 Å². The highest BCUT2D eigenvalue weighted by Gasteiger charge is 2.34. The summed E-state index contributed by atoms with van der Waals surface area (Å²) in [6.07, 6.45) is 10.4. The second-order valence-electron chi connectivity index (χ2n) is 6.68. The predicted molar refractivity (Wildman–Crippen MR) is 81.4 cm³/mol. The SMILES string of the molecule is CC1(C)C=CC=C2C(=O)N(C3CCC(=O)NC3)CCC2=C1. The molecule has 4 nitrogen and oxygen atoms in total. The van der Waals surface area contributed by atoms with Crippen LogP contribution in [0.4, 0.5) is 0 Å². The van der Waals surface area contributed by atoms with E-state index in [0.29, 0.717) is 13.0 Å². The highest BCUT2D eigenvalue weighted by atomic mass is 16.2. The van der Waals surface area contributed by atoms with E-state index in [9.17, 15) is 9.59 Å². The zero-order valence-corrected chi connectivity index (χ0v) is 12.7. The van der Waals surface area contributed by atoms with Crippen molar-refractivity contribution in [2.45, 2.75) is 39.2 Å². The number of allylic oxidation sites excluding steroid dienone is 4. The van der Waals surface area contributed by atoms with Gasteiger partial charge in [0.15, 0.2) is 0 Å². The lowest BCUT2D eigenvalue weighted by molar-refractivity contribution is -0.133. The van der Waals surface area contributed by atoms with Gasteiger partial charge in [-0.2, -0.15) is 0 Å². The zero-order valence-electron chi connectivity index (χ0n) is 12.7. The van der Waals surface area contributed by atoms with Crippen LogP contribution in [-0.2, 0) is 9.59 Å². The highest BCUT2D eigenvalue weighted by Crippen LogP contribution is 2.33. The van der Waals surface area contributed by atoms with Crippen LogP contribution < -0.4 is 5.32 Å². The molecule has 1 unspecified atom stereocenters. The van der Waals surface area contributed by atoms with Crippen molar-refractivity contribution >= 4 is 11.8 Å². The maximum atomic E-state index is 12.8. The lowest BCUT2D eigenvalue weighted by atomic mass is 9.87. The minimum absolute atomic E-state index is 0.00511. The van der Waals surface area contributed by atoms with Crippen LogP contribution >= 0.6 is 0 Å². The number of amides is 2. The fraction of sp³-hybridized carbons (Fsp3) is 0.529. The molecule has 0 aromatic rings. The van der Waals surface area contributed by atoms with E-state index in [4.69, 9.17) is 0 Å². The van der Waals surface area contributed by atoms with Gasteiger partial charge >= 0.3 is 0 Å². The average molecular weight is 286 g/mol. The number of nitrogens with one attached hydrogen (secondary N) is 1. The Labute approximate surface area is 125 Å². The van der Waals surface area contributed by atoms with Gasteiger partial charge in [-0.05, 0) is 24.5 Å². The number of hydrogen-bond donors (Lipinski definition) is 1. The number of fused-ring (bicyclic) bond motifs is 1. The summed E-state index contributed by atoms with van der Waals surface area (Å²) >= 11 is 0. The molecule has 0 radical (unpaired) electrons. The molecular weight excluding hydrogens is 264 g/mol. The molecule has 1 N–H and O–H groups in total. The monoisotopic (exact) mass is 286 g/mol. The molecule has 3 aliphatic rings. The van der Waals surface area contributed by atoms with Crippen LogP contribution in [0.2, 0.25) is 0 Å². The number of carbonyl (C=O) groups is 2. The van der Waals surface area contributed by atoms with Gasteiger partial charge in [-0.3, -0.25) is 9.59 Å². The molecule has 0 spiro atoms. The Morgan fingerprint density at radius 1 is 1.29 bits per heavy atom. The van der Waals surface area contributed by atoms with E-state index in [-0.39, 0.29) is 23.3 Å². The smallest absolute Gasteiger partial charge is 0.254 e. The van der Waals surface area contributed by atoms with E-state index >= 15 is 0 Å². The summed E-state index contributed by atoms with van der Waals surface area (Å²) < 4.78 is 0. The van der Waals surface area contributed by atoms with E-state index in [0.717, 1.165) is 30.5 Å². The number of hydrogen-bond acceptors (Lipinski definition) is 2. The predicted octanol–water partition coefficient (Wildman–Crippen LogP) is 1.95. The number of nitrogens with zero attached hydrogens (tertiary/aromatic N) is 1. The van der Waals surface area contributed by atoms with Gasteiger partial charge < -0.3 is 10.2 Å². The first-order valence-corrected chi connectivity index (χ1v) is 7.65. The second kappa shape index (κ2) is 5.17. The highest BCUT2D eigenvalue weighted by molar-refractivity contribution is 5.99. The lowest BCUT2D eigenvalue weighted by Crippen LogP contribution is -2.52. The summed E-state index contributed by atoms with van der Waals surface area (Å²) in [7, 11) is 0. The molecule has 0 aromatic carbocycles. The summed E-state index contributed by atoms with van der Waals surface area (Å²) in [5.41, 5.74) is 1.97. The van der Waals surface area contributed by atoms with Gasteiger partial charge in [0.1, 0.15) is 0 Å². The minimum Gasteiger partial charge on any atom is -0.354 e. The largest absolute Gasteiger partial charge is 0.354 e.